The van der Waals surface area contributed by atoms with Crippen LogP contribution < -0.4 is 5.32 Å². The molecular weight excluding hydrogens is 212 g/mol. The van der Waals surface area contributed by atoms with Crippen LogP contribution in [0.25, 0.3) is 0 Å². The predicted octanol–water partition coefficient (Wildman–Crippen LogP) is -0.0874. The number of hydrogen-bond donors (Lipinski definition) is 2. The number of amides is 1. The molecule has 86 valence electrons. The predicted molar refractivity (Wildman–Crippen MR) is 55.0 cm³/mol. The van der Waals surface area contributed by atoms with Crippen molar-refractivity contribution in [1.82, 2.24) is 10.3 Å². The quantitative estimate of drug-likeness (QED) is 0.659. The van der Waals surface area contributed by atoms with Crippen LogP contribution >= 0.6 is 0 Å². The van der Waals surface area contributed by atoms with Crippen LogP contribution in [0.1, 0.15) is 10.4 Å². The van der Waals surface area contributed by atoms with Crippen LogP contribution in [-0.4, -0.2) is 41.7 Å². The first kappa shape index (κ1) is 12.1. The molecule has 1 aromatic rings. The molecule has 0 saturated heterocycles. The largest absolute Gasteiger partial charge is 0.480 e. The Bertz CT molecular complexity index is 353. The number of ether oxygens (including phenoxy) is 1. The second-order valence-corrected chi connectivity index (χ2v) is 2.94. The smallest absolute Gasteiger partial charge is 0.329 e. The van der Waals surface area contributed by atoms with Crippen LogP contribution in [0.2, 0.25) is 0 Å². The maximum Gasteiger partial charge on any atom is 0.329 e. The van der Waals surface area contributed by atoms with Gasteiger partial charge in [-0.1, -0.05) is 0 Å². The van der Waals surface area contributed by atoms with E-state index < -0.39 is 5.97 Å². The summed E-state index contributed by atoms with van der Waals surface area (Å²) in [5.74, 6) is -1.26. The van der Waals surface area contributed by atoms with E-state index in [4.69, 9.17) is 9.84 Å². The van der Waals surface area contributed by atoms with Crippen molar-refractivity contribution in [2.45, 2.75) is 0 Å². The van der Waals surface area contributed by atoms with Crippen LogP contribution in [0, 0.1) is 0 Å². The van der Waals surface area contributed by atoms with E-state index >= 15 is 0 Å². The van der Waals surface area contributed by atoms with Crippen molar-refractivity contribution < 1.29 is 19.4 Å². The van der Waals surface area contributed by atoms with Crippen molar-refractivity contribution >= 4 is 11.9 Å². The molecule has 6 nitrogen and oxygen atoms in total. The van der Waals surface area contributed by atoms with Crippen molar-refractivity contribution in [2.24, 2.45) is 0 Å². The summed E-state index contributed by atoms with van der Waals surface area (Å²) >= 11 is 0. The van der Waals surface area contributed by atoms with E-state index in [-0.39, 0.29) is 25.7 Å². The molecule has 2 N–H and O–H groups in total. The highest BCUT2D eigenvalue weighted by atomic mass is 16.5. The number of aromatic nitrogens is 1. The van der Waals surface area contributed by atoms with E-state index in [1.165, 1.54) is 12.4 Å². The van der Waals surface area contributed by atoms with Gasteiger partial charge in [0.2, 0.25) is 0 Å². The van der Waals surface area contributed by atoms with Crippen LogP contribution in [-0.2, 0) is 9.53 Å². The summed E-state index contributed by atoms with van der Waals surface area (Å²) in [5, 5.41) is 10.9. The molecule has 1 heterocycles. The lowest BCUT2D eigenvalue weighted by molar-refractivity contribution is -0.142. The minimum atomic E-state index is -1.03. The van der Waals surface area contributed by atoms with Crippen molar-refractivity contribution in [3.8, 4) is 0 Å². The molecule has 0 radical (unpaired) electrons. The highest BCUT2D eigenvalue weighted by Crippen LogP contribution is 1.94. The topological polar surface area (TPSA) is 88.5 Å². The average molecular weight is 224 g/mol. The summed E-state index contributed by atoms with van der Waals surface area (Å²) in [6.07, 6.45) is 3.05. The molecule has 6 heteroatoms. The van der Waals surface area contributed by atoms with Crippen molar-refractivity contribution in [3.05, 3.63) is 30.1 Å². The highest BCUT2D eigenvalue weighted by molar-refractivity contribution is 5.93. The van der Waals surface area contributed by atoms with Gasteiger partial charge in [-0.25, -0.2) is 4.79 Å². The molecule has 16 heavy (non-hydrogen) atoms. The maximum atomic E-state index is 11.4. The number of carboxylic acids is 1. The number of carboxylic acid groups (broad SMARTS) is 1. The fourth-order valence-electron chi connectivity index (χ4n) is 1.00. The molecule has 1 rings (SSSR count). The van der Waals surface area contributed by atoms with Crippen molar-refractivity contribution in [3.63, 3.8) is 0 Å². The number of nitrogens with zero attached hydrogens (tertiary/aromatic N) is 1. The van der Waals surface area contributed by atoms with Gasteiger partial charge in [0, 0.05) is 24.5 Å². The molecule has 0 bridgehead atoms. The Morgan fingerprint density at radius 2 is 2.06 bits per heavy atom. The van der Waals surface area contributed by atoms with Gasteiger partial charge < -0.3 is 15.2 Å². The summed E-state index contributed by atoms with van der Waals surface area (Å²) in [6.45, 7) is 0.0860. The minimum absolute atomic E-state index is 0.170. The molecule has 0 aliphatic carbocycles. The van der Waals surface area contributed by atoms with Gasteiger partial charge in [0.25, 0.3) is 5.91 Å². The SMILES string of the molecule is O=C(O)COCCNC(=O)c1ccncc1. The molecule has 0 aliphatic heterocycles. The van der Waals surface area contributed by atoms with E-state index in [0.29, 0.717) is 5.56 Å². The fourth-order valence-corrected chi connectivity index (χ4v) is 1.00. The first-order chi connectivity index (χ1) is 7.70. The monoisotopic (exact) mass is 224 g/mol. The van der Waals surface area contributed by atoms with Gasteiger partial charge in [0.1, 0.15) is 6.61 Å². The number of carbonyl (C=O) groups excluding carboxylic acids is 1. The van der Waals surface area contributed by atoms with E-state index in [1.54, 1.807) is 12.1 Å². The molecule has 0 aliphatic rings. The Balaban J connectivity index is 2.19. The van der Waals surface area contributed by atoms with Crippen LogP contribution in [0.3, 0.4) is 0 Å². The molecular formula is C10H12N2O4. The number of aliphatic carboxylic acids is 1. The second kappa shape index (κ2) is 6.52. The maximum absolute atomic E-state index is 11.4. The Morgan fingerprint density at radius 1 is 1.38 bits per heavy atom. The van der Waals surface area contributed by atoms with Crippen molar-refractivity contribution in [1.29, 1.82) is 0 Å². The highest BCUT2D eigenvalue weighted by Gasteiger charge is 2.03. The lowest BCUT2D eigenvalue weighted by Crippen LogP contribution is -2.27. The van der Waals surface area contributed by atoms with Crippen molar-refractivity contribution in [2.75, 3.05) is 19.8 Å². The van der Waals surface area contributed by atoms with Gasteiger partial charge in [0.15, 0.2) is 0 Å². The zero-order valence-electron chi connectivity index (χ0n) is 8.55. The molecule has 1 amide bonds. The van der Waals surface area contributed by atoms with Gasteiger partial charge in [0.05, 0.1) is 6.61 Å². The van der Waals surface area contributed by atoms with Gasteiger partial charge in [-0.05, 0) is 12.1 Å². The van der Waals surface area contributed by atoms with E-state index in [2.05, 4.69) is 10.3 Å². The first-order valence-electron chi connectivity index (χ1n) is 4.68. The minimum Gasteiger partial charge on any atom is -0.480 e. The lowest BCUT2D eigenvalue weighted by Gasteiger charge is -2.04. The van der Waals surface area contributed by atoms with E-state index in [0.717, 1.165) is 0 Å². The summed E-state index contributed by atoms with van der Waals surface area (Å²) in [5.41, 5.74) is 0.508. The number of nitrogens with one attached hydrogen (secondary N) is 1. The molecule has 1 aromatic heterocycles. The normalized spacial score (nSPS) is 9.75. The third-order valence-corrected chi connectivity index (χ3v) is 1.70. The number of hydrogen-bond acceptors (Lipinski definition) is 4. The standard InChI is InChI=1S/C10H12N2O4/c13-9(14)7-16-6-5-12-10(15)8-1-3-11-4-2-8/h1-4H,5-7H2,(H,12,15)(H,13,14). The summed E-state index contributed by atoms with van der Waals surface area (Å²) in [7, 11) is 0. The Hall–Kier alpha value is -1.95. The molecule has 0 spiro atoms. The van der Waals surface area contributed by atoms with Gasteiger partial charge >= 0.3 is 5.97 Å². The first-order valence-corrected chi connectivity index (χ1v) is 4.68. The lowest BCUT2D eigenvalue weighted by atomic mass is 10.2. The third-order valence-electron chi connectivity index (χ3n) is 1.70. The Kier molecular flexibility index (Phi) is 4.94. The summed E-state index contributed by atoms with van der Waals surface area (Å²) in [6, 6.07) is 3.18. The Labute approximate surface area is 92.3 Å². The van der Waals surface area contributed by atoms with E-state index in [1.807, 2.05) is 0 Å². The number of carbonyl (C=O) groups is 2. The zero-order valence-corrected chi connectivity index (χ0v) is 8.55. The molecule has 0 fully saturated rings. The Morgan fingerprint density at radius 3 is 2.69 bits per heavy atom. The molecule has 0 unspecified atom stereocenters. The summed E-state index contributed by atoms with van der Waals surface area (Å²) in [4.78, 5) is 25.3. The van der Waals surface area contributed by atoms with Gasteiger partial charge in [-0.2, -0.15) is 0 Å². The summed E-state index contributed by atoms with van der Waals surface area (Å²) < 4.78 is 4.75. The second-order valence-electron chi connectivity index (χ2n) is 2.94. The van der Waals surface area contributed by atoms with Gasteiger partial charge in [-0.15, -0.1) is 0 Å². The molecule has 0 aromatic carbocycles. The number of rotatable bonds is 6. The van der Waals surface area contributed by atoms with Crippen LogP contribution in [0.4, 0.5) is 0 Å². The molecule has 0 atom stereocenters. The van der Waals surface area contributed by atoms with E-state index in [9.17, 15) is 9.59 Å². The number of pyridine rings is 1. The van der Waals surface area contributed by atoms with Gasteiger partial charge in [-0.3, -0.25) is 9.78 Å². The zero-order chi connectivity index (χ0) is 11.8. The molecule has 0 saturated carbocycles. The fraction of sp³-hybridized carbons (Fsp3) is 0.300. The van der Waals surface area contributed by atoms with Crippen LogP contribution in [0.15, 0.2) is 24.5 Å². The average Bonchev–Trinajstić information content (AvgIpc) is 2.29. The van der Waals surface area contributed by atoms with Crippen LogP contribution in [0.5, 0.6) is 0 Å². The third kappa shape index (κ3) is 4.52.